The molecule has 1 aromatic rings. The van der Waals surface area contributed by atoms with E-state index in [-0.39, 0.29) is 17.8 Å². The van der Waals surface area contributed by atoms with Crippen LogP contribution in [0.3, 0.4) is 0 Å². The smallest absolute Gasteiger partial charge is 0.137 e. The lowest BCUT2D eigenvalue weighted by atomic mass is 10.0. The summed E-state index contributed by atoms with van der Waals surface area (Å²) in [7, 11) is 0. The number of halogens is 2. The van der Waals surface area contributed by atoms with E-state index in [4.69, 9.17) is 0 Å². The van der Waals surface area contributed by atoms with E-state index in [0.29, 0.717) is 6.42 Å². The van der Waals surface area contributed by atoms with Crippen molar-refractivity contribution in [1.29, 1.82) is 0 Å². The van der Waals surface area contributed by atoms with Crippen molar-refractivity contribution in [2.75, 3.05) is 0 Å². The van der Waals surface area contributed by atoms with Crippen LogP contribution in [0.5, 0.6) is 0 Å². The van der Waals surface area contributed by atoms with E-state index in [9.17, 15) is 13.6 Å². The molecule has 0 bridgehead atoms. The fourth-order valence-corrected chi connectivity index (χ4v) is 1.91. The molecule has 0 heterocycles. The number of hydrogen-bond acceptors (Lipinski definition) is 1. The zero-order valence-corrected chi connectivity index (χ0v) is 10.8. The Balaban J connectivity index is 2.33. The number of benzene rings is 1. The van der Waals surface area contributed by atoms with Crippen LogP contribution in [0.4, 0.5) is 8.78 Å². The van der Waals surface area contributed by atoms with Crippen LogP contribution in [0.25, 0.3) is 0 Å². The second-order valence-electron chi connectivity index (χ2n) is 4.62. The summed E-state index contributed by atoms with van der Waals surface area (Å²) >= 11 is 0. The quantitative estimate of drug-likeness (QED) is 0.627. The van der Waals surface area contributed by atoms with Crippen molar-refractivity contribution in [3.05, 3.63) is 35.4 Å². The van der Waals surface area contributed by atoms with E-state index in [1.165, 1.54) is 12.8 Å². The summed E-state index contributed by atoms with van der Waals surface area (Å²) < 4.78 is 26.2. The second-order valence-corrected chi connectivity index (χ2v) is 4.62. The molecule has 1 rings (SSSR count). The lowest BCUT2D eigenvalue weighted by molar-refractivity contribution is -0.118. The van der Waals surface area contributed by atoms with Crippen LogP contribution in [-0.4, -0.2) is 5.78 Å². The van der Waals surface area contributed by atoms with Crippen LogP contribution in [-0.2, 0) is 11.2 Å². The van der Waals surface area contributed by atoms with Crippen molar-refractivity contribution >= 4 is 5.78 Å². The fraction of sp³-hybridized carbons (Fsp3) is 0.533. The van der Waals surface area contributed by atoms with E-state index in [1.807, 2.05) is 0 Å². The van der Waals surface area contributed by atoms with E-state index >= 15 is 0 Å². The number of hydrogen-bond donors (Lipinski definition) is 0. The molecule has 100 valence electrons. The number of unbranched alkanes of at least 4 members (excludes halogenated alkanes) is 4. The van der Waals surface area contributed by atoms with Crippen molar-refractivity contribution in [1.82, 2.24) is 0 Å². The van der Waals surface area contributed by atoms with E-state index in [1.54, 1.807) is 0 Å². The molecular weight excluding hydrogens is 234 g/mol. The fourth-order valence-electron chi connectivity index (χ4n) is 1.91. The summed E-state index contributed by atoms with van der Waals surface area (Å²) in [4.78, 5) is 11.6. The Hall–Kier alpha value is -1.25. The van der Waals surface area contributed by atoms with Gasteiger partial charge in [0.05, 0.1) is 0 Å². The zero-order valence-electron chi connectivity index (χ0n) is 10.8. The highest BCUT2D eigenvalue weighted by Gasteiger charge is 2.09. The lowest BCUT2D eigenvalue weighted by Gasteiger charge is -2.03. The summed E-state index contributed by atoms with van der Waals surface area (Å²) in [6.45, 7) is 2.14. The molecule has 0 fully saturated rings. The Bertz CT molecular complexity index is 388. The average molecular weight is 254 g/mol. The van der Waals surface area contributed by atoms with Gasteiger partial charge in [-0.25, -0.2) is 8.78 Å². The molecule has 0 unspecified atom stereocenters. The highest BCUT2D eigenvalue weighted by molar-refractivity contribution is 5.80. The third-order valence-corrected chi connectivity index (χ3v) is 2.95. The maximum absolute atomic E-state index is 13.3. The zero-order chi connectivity index (χ0) is 13.4. The Labute approximate surface area is 107 Å². The monoisotopic (exact) mass is 254 g/mol. The van der Waals surface area contributed by atoms with E-state index in [0.717, 1.165) is 37.5 Å². The van der Waals surface area contributed by atoms with Gasteiger partial charge in [-0.2, -0.15) is 0 Å². The summed E-state index contributed by atoms with van der Waals surface area (Å²) in [5, 5.41) is 0. The summed E-state index contributed by atoms with van der Waals surface area (Å²) in [5.41, 5.74) is 0.161. The molecule has 0 aromatic heterocycles. The van der Waals surface area contributed by atoms with Gasteiger partial charge >= 0.3 is 0 Å². The van der Waals surface area contributed by atoms with Crippen molar-refractivity contribution < 1.29 is 13.6 Å². The van der Waals surface area contributed by atoms with Crippen LogP contribution in [0, 0.1) is 11.6 Å². The minimum absolute atomic E-state index is 0.00261. The molecule has 0 N–H and O–H groups in total. The van der Waals surface area contributed by atoms with Gasteiger partial charge < -0.3 is 0 Å². The van der Waals surface area contributed by atoms with Gasteiger partial charge in [-0.05, 0) is 30.2 Å². The molecular formula is C15H20F2O. The normalized spacial score (nSPS) is 10.6. The summed E-state index contributed by atoms with van der Waals surface area (Å²) in [6, 6.07) is 3.23. The molecule has 0 aliphatic rings. The third-order valence-electron chi connectivity index (χ3n) is 2.95. The van der Waals surface area contributed by atoms with Crippen LogP contribution in [0.15, 0.2) is 18.2 Å². The molecule has 0 saturated heterocycles. The van der Waals surface area contributed by atoms with Crippen molar-refractivity contribution in [3.63, 3.8) is 0 Å². The van der Waals surface area contributed by atoms with E-state index < -0.39 is 11.6 Å². The first-order chi connectivity index (χ1) is 8.63. The number of carbonyl (C=O) groups excluding carboxylic acids is 1. The Kier molecular flexibility index (Phi) is 6.55. The summed E-state index contributed by atoms with van der Waals surface area (Å²) in [6.07, 6.45) is 5.82. The van der Waals surface area contributed by atoms with Gasteiger partial charge in [0.1, 0.15) is 17.4 Å². The minimum atomic E-state index is -0.504. The second kappa shape index (κ2) is 7.96. The molecule has 1 nitrogen and oxygen atoms in total. The van der Waals surface area contributed by atoms with Crippen molar-refractivity contribution in [2.45, 2.75) is 51.9 Å². The summed E-state index contributed by atoms with van der Waals surface area (Å²) in [5.74, 6) is -1.02. The predicted molar refractivity (Wildman–Crippen MR) is 68.4 cm³/mol. The predicted octanol–water partition coefficient (Wildman–Crippen LogP) is 4.44. The Morgan fingerprint density at radius 3 is 2.56 bits per heavy atom. The lowest BCUT2D eigenvalue weighted by Crippen LogP contribution is -2.04. The van der Waals surface area contributed by atoms with Crippen LogP contribution in [0.1, 0.15) is 51.0 Å². The highest BCUT2D eigenvalue weighted by atomic mass is 19.1. The van der Waals surface area contributed by atoms with Crippen molar-refractivity contribution in [2.24, 2.45) is 0 Å². The third kappa shape index (κ3) is 5.39. The molecule has 0 atom stereocenters. The first-order valence-corrected chi connectivity index (χ1v) is 6.59. The molecule has 1 aromatic carbocycles. The number of rotatable bonds is 8. The van der Waals surface area contributed by atoms with Crippen LogP contribution in [0.2, 0.25) is 0 Å². The average Bonchev–Trinajstić information content (AvgIpc) is 2.33. The number of Topliss-reactive ketones (excluding diaryl/α,β-unsaturated/α-hetero) is 1. The molecule has 0 radical (unpaired) electrons. The standard InChI is InChI=1S/C15H20F2O/c1-2-3-4-5-6-7-14(18)11-12-10-13(16)8-9-15(12)17/h8-10H,2-7,11H2,1H3. The highest BCUT2D eigenvalue weighted by Crippen LogP contribution is 2.13. The van der Waals surface area contributed by atoms with Gasteiger partial charge in [0.2, 0.25) is 0 Å². The van der Waals surface area contributed by atoms with Gasteiger partial charge in [0, 0.05) is 12.8 Å². The van der Waals surface area contributed by atoms with Crippen molar-refractivity contribution in [3.8, 4) is 0 Å². The maximum atomic E-state index is 13.3. The largest absolute Gasteiger partial charge is 0.299 e. The van der Waals surface area contributed by atoms with Crippen LogP contribution >= 0.6 is 0 Å². The topological polar surface area (TPSA) is 17.1 Å². The Morgan fingerprint density at radius 1 is 1.11 bits per heavy atom. The molecule has 0 aliphatic heterocycles. The van der Waals surface area contributed by atoms with E-state index in [2.05, 4.69) is 6.92 Å². The number of ketones is 1. The van der Waals surface area contributed by atoms with Gasteiger partial charge in [-0.15, -0.1) is 0 Å². The van der Waals surface area contributed by atoms with Gasteiger partial charge in [0.15, 0.2) is 0 Å². The molecule has 18 heavy (non-hydrogen) atoms. The molecule has 0 saturated carbocycles. The number of carbonyl (C=O) groups is 1. The SMILES string of the molecule is CCCCCCCC(=O)Cc1cc(F)ccc1F. The van der Waals surface area contributed by atoms with Gasteiger partial charge in [0.25, 0.3) is 0 Å². The molecule has 0 aliphatic carbocycles. The maximum Gasteiger partial charge on any atom is 0.137 e. The van der Waals surface area contributed by atoms with Gasteiger partial charge in [-0.1, -0.05) is 32.6 Å². The minimum Gasteiger partial charge on any atom is -0.299 e. The first-order valence-electron chi connectivity index (χ1n) is 6.59. The van der Waals surface area contributed by atoms with Gasteiger partial charge in [-0.3, -0.25) is 4.79 Å². The molecule has 0 spiro atoms. The Morgan fingerprint density at radius 2 is 1.83 bits per heavy atom. The first kappa shape index (κ1) is 14.8. The molecule has 3 heteroatoms. The molecule has 0 amide bonds. The van der Waals surface area contributed by atoms with Crippen LogP contribution < -0.4 is 0 Å².